The SMILES string of the molecule is CCCCCCCOCC(NC1CC1)(C(N)=O)C1CC1. The van der Waals surface area contributed by atoms with E-state index in [0.29, 0.717) is 18.6 Å². The van der Waals surface area contributed by atoms with Crippen LogP contribution in [0.4, 0.5) is 0 Å². The molecule has 0 aromatic rings. The van der Waals surface area contributed by atoms with E-state index in [2.05, 4.69) is 12.2 Å². The lowest BCUT2D eigenvalue weighted by Gasteiger charge is -2.32. The molecule has 2 saturated carbocycles. The lowest BCUT2D eigenvalue weighted by molar-refractivity contribution is -0.128. The molecule has 1 atom stereocenters. The van der Waals surface area contributed by atoms with Gasteiger partial charge in [-0.1, -0.05) is 32.6 Å². The third-order valence-corrected chi connectivity index (χ3v) is 4.47. The normalized spacial score (nSPS) is 21.6. The van der Waals surface area contributed by atoms with Crippen LogP contribution < -0.4 is 11.1 Å². The van der Waals surface area contributed by atoms with E-state index >= 15 is 0 Å². The van der Waals surface area contributed by atoms with E-state index in [-0.39, 0.29) is 5.91 Å². The number of amides is 1. The molecule has 116 valence electrons. The molecule has 0 radical (unpaired) electrons. The standard InChI is InChI=1S/C16H30N2O2/c1-2-3-4-5-6-11-20-12-16(15(17)19,13-7-8-13)18-14-9-10-14/h13-14,18H,2-12H2,1H3,(H2,17,19). The quantitative estimate of drug-likeness (QED) is 0.540. The maximum atomic E-state index is 12.0. The number of carbonyl (C=O) groups is 1. The Hall–Kier alpha value is -0.610. The van der Waals surface area contributed by atoms with E-state index in [1.165, 1.54) is 38.5 Å². The molecule has 0 aromatic heterocycles. The number of nitrogens with one attached hydrogen (secondary N) is 1. The van der Waals surface area contributed by atoms with Gasteiger partial charge in [0.2, 0.25) is 5.91 Å². The fourth-order valence-electron chi connectivity index (χ4n) is 2.83. The second-order valence-electron chi connectivity index (χ2n) is 6.50. The number of primary amides is 1. The second kappa shape index (κ2) is 7.41. The molecule has 4 heteroatoms. The Morgan fingerprint density at radius 3 is 2.45 bits per heavy atom. The van der Waals surface area contributed by atoms with Crippen LogP contribution in [0.2, 0.25) is 0 Å². The van der Waals surface area contributed by atoms with Gasteiger partial charge in [-0.2, -0.15) is 0 Å². The summed E-state index contributed by atoms with van der Waals surface area (Å²) in [6.07, 6.45) is 10.7. The van der Waals surface area contributed by atoms with Crippen molar-refractivity contribution in [2.45, 2.75) is 76.3 Å². The van der Waals surface area contributed by atoms with Crippen LogP contribution in [0.5, 0.6) is 0 Å². The summed E-state index contributed by atoms with van der Waals surface area (Å²) in [7, 11) is 0. The monoisotopic (exact) mass is 282 g/mol. The maximum Gasteiger partial charge on any atom is 0.240 e. The zero-order valence-electron chi connectivity index (χ0n) is 12.8. The van der Waals surface area contributed by atoms with Gasteiger partial charge in [-0.05, 0) is 38.0 Å². The Bertz CT molecular complexity index is 314. The van der Waals surface area contributed by atoms with Gasteiger partial charge in [-0.15, -0.1) is 0 Å². The van der Waals surface area contributed by atoms with Crippen molar-refractivity contribution in [3.63, 3.8) is 0 Å². The molecule has 0 aliphatic heterocycles. The Kier molecular flexibility index (Phi) is 5.85. The highest BCUT2D eigenvalue weighted by Crippen LogP contribution is 2.41. The molecule has 1 amide bonds. The van der Waals surface area contributed by atoms with Gasteiger partial charge in [0.1, 0.15) is 5.54 Å². The Balaban J connectivity index is 1.71. The van der Waals surface area contributed by atoms with Crippen LogP contribution >= 0.6 is 0 Å². The van der Waals surface area contributed by atoms with Crippen LogP contribution in [0.3, 0.4) is 0 Å². The fourth-order valence-corrected chi connectivity index (χ4v) is 2.83. The Labute approximate surface area is 122 Å². The second-order valence-corrected chi connectivity index (χ2v) is 6.50. The maximum absolute atomic E-state index is 12.0. The molecule has 20 heavy (non-hydrogen) atoms. The molecule has 4 nitrogen and oxygen atoms in total. The van der Waals surface area contributed by atoms with Gasteiger partial charge in [0.15, 0.2) is 0 Å². The number of ether oxygens (including phenoxy) is 1. The molecule has 2 fully saturated rings. The predicted octanol–water partition coefficient (Wildman–Crippen LogP) is 2.36. The van der Waals surface area contributed by atoms with Gasteiger partial charge in [-0.3, -0.25) is 10.1 Å². The first kappa shape index (κ1) is 15.8. The smallest absolute Gasteiger partial charge is 0.240 e. The molecular formula is C16H30N2O2. The van der Waals surface area contributed by atoms with Crippen molar-refractivity contribution in [1.29, 1.82) is 0 Å². The summed E-state index contributed by atoms with van der Waals surface area (Å²) in [6, 6.07) is 0.483. The van der Waals surface area contributed by atoms with Crippen LogP contribution in [-0.4, -0.2) is 30.7 Å². The number of unbranched alkanes of at least 4 members (excludes halogenated alkanes) is 4. The van der Waals surface area contributed by atoms with Crippen molar-refractivity contribution in [1.82, 2.24) is 5.32 Å². The van der Waals surface area contributed by atoms with Crippen molar-refractivity contribution in [3.8, 4) is 0 Å². The molecule has 2 aliphatic rings. The van der Waals surface area contributed by atoms with E-state index in [9.17, 15) is 4.79 Å². The molecule has 0 bridgehead atoms. The first-order valence-electron chi connectivity index (χ1n) is 8.34. The van der Waals surface area contributed by atoms with Crippen molar-refractivity contribution in [2.24, 2.45) is 11.7 Å². The van der Waals surface area contributed by atoms with Gasteiger partial charge in [-0.25, -0.2) is 0 Å². The highest BCUT2D eigenvalue weighted by atomic mass is 16.5. The molecule has 2 aliphatic carbocycles. The molecule has 0 heterocycles. The lowest BCUT2D eigenvalue weighted by Crippen LogP contribution is -2.61. The fraction of sp³-hybridized carbons (Fsp3) is 0.938. The summed E-state index contributed by atoms with van der Waals surface area (Å²) in [5.41, 5.74) is 5.10. The summed E-state index contributed by atoms with van der Waals surface area (Å²) < 4.78 is 5.81. The minimum atomic E-state index is -0.593. The third kappa shape index (κ3) is 4.45. The largest absolute Gasteiger partial charge is 0.379 e. The average Bonchev–Trinajstić information content (AvgIpc) is 3.27. The molecule has 0 saturated heterocycles. The first-order chi connectivity index (χ1) is 9.69. The molecule has 1 unspecified atom stereocenters. The number of hydrogen-bond acceptors (Lipinski definition) is 3. The van der Waals surface area contributed by atoms with Gasteiger partial charge in [0, 0.05) is 12.6 Å². The highest BCUT2D eigenvalue weighted by molar-refractivity contribution is 5.86. The van der Waals surface area contributed by atoms with Crippen LogP contribution in [0.15, 0.2) is 0 Å². The van der Waals surface area contributed by atoms with Crippen molar-refractivity contribution < 1.29 is 9.53 Å². The Morgan fingerprint density at radius 2 is 1.90 bits per heavy atom. The van der Waals surface area contributed by atoms with Crippen molar-refractivity contribution >= 4 is 5.91 Å². The minimum Gasteiger partial charge on any atom is -0.379 e. The molecular weight excluding hydrogens is 252 g/mol. The Morgan fingerprint density at radius 1 is 1.20 bits per heavy atom. The van der Waals surface area contributed by atoms with Gasteiger partial charge < -0.3 is 10.5 Å². The van der Waals surface area contributed by atoms with Crippen LogP contribution in [0.1, 0.15) is 64.7 Å². The van der Waals surface area contributed by atoms with Crippen molar-refractivity contribution in [2.75, 3.05) is 13.2 Å². The highest BCUT2D eigenvalue weighted by Gasteiger charge is 2.52. The average molecular weight is 282 g/mol. The lowest BCUT2D eigenvalue weighted by atomic mass is 9.93. The third-order valence-electron chi connectivity index (χ3n) is 4.47. The van der Waals surface area contributed by atoms with Crippen molar-refractivity contribution in [3.05, 3.63) is 0 Å². The number of nitrogens with two attached hydrogens (primary N) is 1. The summed E-state index contributed by atoms with van der Waals surface area (Å²) in [5.74, 6) is 0.165. The van der Waals surface area contributed by atoms with E-state index in [4.69, 9.17) is 10.5 Å². The zero-order chi connectivity index (χ0) is 14.4. The summed E-state index contributed by atoms with van der Waals surface area (Å²) in [5, 5.41) is 3.48. The van der Waals surface area contributed by atoms with E-state index < -0.39 is 5.54 Å². The predicted molar refractivity (Wildman–Crippen MR) is 80.4 cm³/mol. The number of carbonyl (C=O) groups excluding carboxylic acids is 1. The topological polar surface area (TPSA) is 64.3 Å². The zero-order valence-corrected chi connectivity index (χ0v) is 12.8. The molecule has 2 rings (SSSR count). The van der Waals surface area contributed by atoms with E-state index in [1.807, 2.05) is 0 Å². The summed E-state index contributed by atoms with van der Waals surface area (Å²) >= 11 is 0. The summed E-state index contributed by atoms with van der Waals surface area (Å²) in [4.78, 5) is 12.0. The van der Waals surface area contributed by atoms with E-state index in [0.717, 1.165) is 25.9 Å². The van der Waals surface area contributed by atoms with E-state index in [1.54, 1.807) is 0 Å². The number of hydrogen-bond donors (Lipinski definition) is 2. The molecule has 0 aromatic carbocycles. The number of rotatable bonds is 12. The first-order valence-corrected chi connectivity index (χ1v) is 8.34. The van der Waals surface area contributed by atoms with Gasteiger partial charge in [0.05, 0.1) is 6.61 Å². The van der Waals surface area contributed by atoms with Gasteiger partial charge >= 0.3 is 0 Å². The van der Waals surface area contributed by atoms with Crippen LogP contribution in [0.25, 0.3) is 0 Å². The van der Waals surface area contributed by atoms with Crippen LogP contribution in [0, 0.1) is 5.92 Å². The molecule has 0 spiro atoms. The molecule has 3 N–H and O–H groups in total. The summed E-state index contributed by atoms with van der Waals surface area (Å²) in [6.45, 7) is 3.42. The van der Waals surface area contributed by atoms with Crippen LogP contribution in [-0.2, 0) is 9.53 Å². The van der Waals surface area contributed by atoms with Gasteiger partial charge in [0.25, 0.3) is 0 Å². The minimum absolute atomic E-state index is 0.224.